The van der Waals surface area contributed by atoms with Crippen molar-refractivity contribution in [2.75, 3.05) is 19.6 Å². The summed E-state index contributed by atoms with van der Waals surface area (Å²) in [5, 5.41) is 4.61. The first-order valence-corrected chi connectivity index (χ1v) is 7.62. The maximum atomic E-state index is 6.21. The van der Waals surface area contributed by atoms with Crippen LogP contribution in [0, 0.1) is 0 Å². The normalized spacial score (nSPS) is 14.8. The third-order valence-corrected chi connectivity index (χ3v) is 3.89. The van der Waals surface area contributed by atoms with E-state index >= 15 is 0 Å². The van der Waals surface area contributed by atoms with Crippen molar-refractivity contribution in [2.45, 2.75) is 59.0 Å². The molecule has 0 amide bonds. The summed E-state index contributed by atoms with van der Waals surface area (Å²) in [7, 11) is 0. The summed E-state index contributed by atoms with van der Waals surface area (Å²) >= 11 is 0. The molecule has 2 N–H and O–H groups in total. The largest absolute Gasteiger partial charge is 0.327 e. The molecular weight excluding hydrogens is 236 g/mol. The summed E-state index contributed by atoms with van der Waals surface area (Å²) in [5.41, 5.74) is 7.32. The Kier molecular flexibility index (Phi) is 7.10. The highest BCUT2D eigenvalue weighted by Crippen LogP contribution is 2.10. The second kappa shape index (κ2) is 8.33. The zero-order valence-electron chi connectivity index (χ0n) is 13.0. The Morgan fingerprint density at radius 3 is 2.58 bits per heavy atom. The lowest BCUT2D eigenvalue weighted by atomic mass is 10.1. The van der Waals surface area contributed by atoms with Crippen LogP contribution in [0.25, 0.3) is 0 Å². The van der Waals surface area contributed by atoms with Crippen LogP contribution in [0.15, 0.2) is 12.3 Å². The van der Waals surface area contributed by atoms with Crippen molar-refractivity contribution in [3.05, 3.63) is 18.0 Å². The van der Waals surface area contributed by atoms with Crippen LogP contribution >= 0.6 is 0 Å². The molecule has 0 bridgehead atoms. The smallest absolute Gasteiger partial charge is 0.0640 e. The Bertz CT molecular complexity index is 344. The van der Waals surface area contributed by atoms with E-state index in [1.54, 1.807) is 0 Å². The Morgan fingerprint density at radius 2 is 2.00 bits per heavy atom. The van der Waals surface area contributed by atoms with Crippen LogP contribution in [0.5, 0.6) is 0 Å². The fourth-order valence-electron chi connectivity index (χ4n) is 2.18. The highest BCUT2D eigenvalue weighted by atomic mass is 15.3. The maximum Gasteiger partial charge on any atom is 0.0640 e. The number of nitrogens with two attached hydrogens (primary N) is 1. The van der Waals surface area contributed by atoms with Crippen LogP contribution < -0.4 is 5.73 Å². The molecule has 4 heteroatoms. The average molecular weight is 266 g/mol. The van der Waals surface area contributed by atoms with E-state index in [0.29, 0.717) is 6.04 Å². The lowest BCUT2D eigenvalue weighted by Gasteiger charge is -2.20. The number of aromatic nitrogens is 2. The van der Waals surface area contributed by atoms with E-state index in [1.807, 2.05) is 4.68 Å². The predicted octanol–water partition coefficient (Wildman–Crippen LogP) is 2.46. The molecule has 2 unspecified atom stereocenters. The summed E-state index contributed by atoms with van der Waals surface area (Å²) in [6.07, 6.45) is 5.10. The van der Waals surface area contributed by atoms with Crippen LogP contribution in [-0.2, 0) is 6.42 Å². The van der Waals surface area contributed by atoms with Gasteiger partial charge < -0.3 is 10.6 Å². The maximum absolute atomic E-state index is 6.21. The molecule has 1 heterocycles. The van der Waals surface area contributed by atoms with Crippen molar-refractivity contribution in [2.24, 2.45) is 5.73 Å². The highest BCUT2D eigenvalue weighted by molar-refractivity contribution is 5.02. The van der Waals surface area contributed by atoms with E-state index in [9.17, 15) is 0 Å². The van der Waals surface area contributed by atoms with E-state index in [2.05, 4.69) is 50.0 Å². The zero-order valence-corrected chi connectivity index (χ0v) is 13.0. The monoisotopic (exact) mass is 266 g/mol. The first-order valence-electron chi connectivity index (χ1n) is 7.62. The molecule has 0 aliphatic carbocycles. The topological polar surface area (TPSA) is 47.1 Å². The Morgan fingerprint density at radius 1 is 1.32 bits per heavy atom. The predicted molar refractivity (Wildman–Crippen MR) is 81.3 cm³/mol. The van der Waals surface area contributed by atoms with Crippen molar-refractivity contribution >= 4 is 0 Å². The standard InChI is InChI=1S/C15H30N4/c1-5-13(4)19-11-9-15(17-19)12-14(16)8-10-18(6-2)7-3/h9,11,13-14H,5-8,10,12,16H2,1-4H3. The zero-order chi connectivity index (χ0) is 14.3. The second-order valence-electron chi connectivity index (χ2n) is 5.32. The van der Waals surface area contributed by atoms with Gasteiger partial charge in [-0.15, -0.1) is 0 Å². The molecule has 0 fully saturated rings. The van der Waals surface area contributed by atoms with Gasteiger partial charge in [0.2, 0.25) is 0 Å². The van der Waals surface area contributed by atoms with E-state index in [1.165, 1.54) is 0 Å². The minimum atomic E-state index is 0.209. The van der Waals surface area contributed by atoms with Gasteiger partial charge in [-0.05, 0) is 45.5 Å². The number of hydrogen-bond donors (Lipinski definition) is 1. The minimum Gasteiger partial charge on any atom is -0.327 e. The lowest BCUT2D eigenvalue weighted by molar-refractivity contribution is 0.289. The van der Waals surface area contributed by atoms with Gasteiger partial charge in [-0.1, -0.05) is 20.8 Å². The highest BCUT2D eigenvalue weighted by Gasteiger charge is 2.10. The van der Waals surface area contributed by atoms with Crippen molar-refractivity contribution < 1.29 is 0 Å². The molecule has 19 heavy (non-hydrogen) atoms. The third kappa shape index (κ3) is 5.33. The first-order chi connectivity index (χ1) is 9.10. The van der Waals surface area contributed by atoms with E-state index < -0.39 is 0 Å². The molecule has 110 valence electrons. The van der Waals surface area contributed by atoms with Crippen molar-refractivity contribution in [3.63, 3.8) is 0 Å². The molecule has 0 spiro atoms. The van der Waals surface area contributed by atoms with Crippen molar-refractivity contribution in [1.82, 2.24) is 14.7 Å². The van der Waals surface area contributed by atoms with Crippen molar-refractivity contribution in [1.29, 1.82) is 0 Å². The molecule has 1 rings (SSSR count). The Balaban J connectivity index is 2.39. The quantitative estimate of drug-likeness (QED) is 0.747. The van der Waals surface area contributed by atoms with Gasteiger partial charge in [0.05, 0.1) is 5.69 Å². The van der Waals surface area contributed by atoms with Gasteiger partial charge in [-0.2, -0.15) is 5.10 Å². The summed E-state index contributed by atoms with van der Waals surface area (Å²) in [4.78, 5) is 2.41. The van der Waals surface area contributed by atoms with Crippen LogP contribution in [0.1, 0.15) is 52.3 Å². The van der Waals surface area contributed by atoms with Crippen molar-refractivity contribution in [3.8, 4) is 0 Å². The Hall–Kier alpha value is -0.870. The molecule has 0 saturated heterocycles. The lowest BCUT2D eigenvalue weighted by Crippen LogP contribution is -2.31. The number of hydrogen-bond acceptors (Lipinski definition) is 3. The molecule has 0 aliphatic rings. The van der Waals surface area contributed by atoms with E-state index in [-0.39, 0.29) is 6.04 Å². The average Bonchev–Trinajstić information content (AvgIpc) is 2.87. The number of rotatable bonds is 9. The fourth-order valence-corrected chi connectivity index (χ4v) is 2.18. The third-order valence-electron chi connectivity index (χ3n) is 3.89. The van der Waals surface area contributed by atoms with Crippen LogP contribution in [-0.4, -0.2) is 40.4 Å². The van der Waals surface area contributed by atoms with Gasteiger partial charge in [0.15, 0.2) is 0 Å². The molecule has 4 nitrogen and oxygen atoms in total. The SMILES string of the molecule is CCC(C)n1ccc(CC(N)CCN(CC)CC)n1. The van der Waals surface area contributed by atoms with Gasteiger partial charge in [-0.3, -0.25) is 4.68 Å². The Labute approximate surface area is 118 Å². The van der Waals surface area contributed by atoms with Gasteiger partial charge in [0, 0.05) is 24.7 Å². The van der Waals surface area contributed by atoms with Gasteiger partial charge in [0.1, 0.15) is 0 Å². The number of nitrogens with zero attached hydrogens (tertiary/aromatic N) is 3. The van der Waals surface area contributed by atoms with Crippen LogP contribution in [0.4, 0.5) is 0 Å². The molecule has 2 atom stereocenters. The summed E-state index contributed by atoms with van der Waals surface area (Å²) in [5.74, 6) is 0. The molecule has 1 aromatic rings. The van der Waals surface area contributed by atoms with Crippen LogP contribution in [0.3, 0.4) is 0 Å². The molecule has 0 aliphatic heterocycles. The molecule has 1 aromatic heterocycles. The van der Waals surface area contributed by atoms with Crippen LogP contribution in [0.2, 0.25) is 0 Å². The van der Waals surface area contributed by atoms with Gasteiger partial charge in [0.25, 0.3) is 0 Å². The van der Waals surface area contributed by atoms with Gasteiger partial charge in [-0.25, -0.2) is 0 Å². The summed E-state index contributed by atoms with van der Waals surface area (Å²) in [6, 6.07) is 2.78. The van der Waals surface area contributed by atoms with E-state index in [0.717, 1.165) is 44.6 Å². The molecule has 0 saturated carbocycles. The molecule has 0 aromatic carbocycles. The summed E-state index contributed by atoms with van der Waals surface area (Å²) in [6.45, 7) is 12.1. The molecule has 0 radical (unpaired) electrons. The fraction of sp³-hybridized carbons (Fsp3) is 0.800. The minimum absolute atomic E-state index is 0.209. The summed E-state index contributed by atoms with van der Waals surface area (Å²) < 4.78 is 2.05. The first kappa shape index (κ1) is 16.2. The van der Waals surface area contributed by atoms with Gasteiger partial charge >= 0.3 is 0 Å². The molecular formula is C15H30N4. The van der Waals surface area contributed by atoms with E-state index in [4.69, 9.17) is 5.73 Å². The second-order valence-corrected chi connectivity index (χ2v) is 5.32.